The maximum atomic E-state index is 12.3. The topological polar surface area (TPSA) is 0 Å². The minimum Gasteiger partial charge on any atom is -0.247 e. The molecule has 1 fully saturated rings. The highest BCUT2D eigenvalue weighted by atomic mass is 19.1. The summed E-state index contributed by atoms with van der Waals surface area (Å²) in [6, 6.07) is 0. The highest BCUT2D eigenvalue weighted by molar-refractivity contribution is 4.72. The van der Waals surface area contributed by atoms with E-state index in [9.17, 15) is 4.39 Å². The third-order valence-electron chi connectivity index (χ3n) is 1.78. The van der Waals surface area contributed by atoms with Crippen molar-refractivity contribution in [2.75, 3.05) is 0 Å². The van der Waals surface area contributed by atoms with Crippen LogP contribution >= 0.6 is 0 Å². The molecule has 0 bridgehead atoms. The molecule has 0 heterocycles. The molecule has 0 aromatic heterocycles. The number of alkyl halides is 1. The average Bonchev–Trinajstić information content (AvgIpc) is 1.77. The number of hydrogen-bond acceptors (Lipinski definition) is 0. The average molecular weight is 115 g/mol. The Morgan fingerprint density at radius 2 is 1.62 bits per heavy atom. The summed E-state index contributed by atoms with van der Waals surface area (Å²) in [5.74, 6) is 0.530. The van der Waals surface area contributed by atoms with Crippen molar-refractivity contribution in [2.45, 2.75) is 31.9 Å². The van der Waals surface area contributed by atoms with Crippen LogP contribution in [0.3, 0.4) is 0 Å². The first-order chi connectivity index (χ1) is 3.79. The van der Waals surface area contributed by atoms with Gasteiger partial charge in [0.25, 0.3) is 0 Å². The second-order valence-electron chi connectivity index (χ2n) is 2.62. The van der Waals surface area contributed by atoms with Gasteiger partial charge in [-0.2, -0.15) is 0 Å². The van der Waals surface area contributed by atoms with E-state index in [0.717, 1.165) is 25.7 Å². The Bertz CT molecular complexity index is 52.8. The number of halogens is 1. The van der Waals surface area contributed by atoms with E-state index in [1.54, 1.807) is 0 Å². The van der Waals surface area contributed by atoms with Crippen LogP contribution in [-0.2, 0) is 0 Å². The molecule has 1 aliphatic rings. The van der Waals surface area contributed by atoms with Gasteiger partial charge in [0.1, 0.15) is 6.17 Å². The number of hydrogen-bond donors (Lipinski definition) is 0. The fourth-order valence-electron chi connectivity index (χ4n) is 1.12. The van der Waals surface area contributed by atoms with Gasteiger partial charge in [-0.05, 0) is 31.6 Å². The van der Waals surface area contributed by atoms with E-state index < -0.39 is 6.17 Å². The smallest absolute Gasteiger partial charge is 0.100 e. The number of rotatable bonds is 0. The van der Waals surface area contributed by atoms with Crippen molar-refractivity contribution in [1.29, 1.82) is 0 Å². The minimum absolute atomic E-state index is 0.520. The molecular formula is C7H12F. The lowest BCUT2D eigenvalue weighted by molar-refractivity contribution is 0.225. The van der Waals surface area contributed by atoms with Crippen LogP contribution in [-0.4, -0.2) is 6.17 Å². The standard InChI is InChI=1S/C7H12F/c1-6-2-4-7(8)5-3-6/h6-7H,1-5H2. The van der Waals surface area contributed by atoms with E-state index >= 15 is 0 Å². The highest BCUT2D eigenvalue weighted by Gasteiger charge is 2.16. The molecule has 0 nitrogen and oxygen atoms in total. The van der Waals surface area contributed by atoms with E-state index in [1.807, 2.05) is 0 Å². The predicted octanol–water partition coefficient (Wildman–Crippen LogP) is 2.35. The van der Waals surface area contributed by atoms with E-state index in [0.29, 0.717) is 5.92 Å². The largest absolute Gasteiger partial charge is 0.247 e. The van der Waals surface area contributed by atoms with Crippen molar-refractivity contribution in [3.63, 3.8) is 0 Å². The zero-order valence-corrected chi connectivity index (χ0v) is 5.07. The lowest BCUT2D eigenvalue weighted by Gasteiger charge is -2.19. The first kappa shape index (κ1) is 6.06. The lowest BCUT2D eigenvalue weighted by Crippen LogP contribution is -2.12. The summed E-state index contributed by atoms with van der Waals surface area (Å²) in [6.07, 6.45) is 2.94. The first-order valence-electron chi connectivity index (χ1n) is 3.26. The predicted molar refractivity (Wildman–Crippen MR) is 32.2 cm³/mol. The van der Waals surface area contributed by atoms with Crippen molar-refractivity contribution in [3.05, 3.63) is 6.92 Å². The Labute approximate surface area is 50.1 Å². The van der Waals surface area contributed by atoms with Crippen molar-refractivity contribution in [2.24, 2.45) is 5.92 Å². The fourth-order valence-corrected chi connectivity index (χ4v) is 1.12. The zero-order valence-electron chi connectivity index (χ0n) is 5.07. The quantitative estimate of drug-likeness (QED) is 0.454. The van der Waals surface area contributed by atoms with Gasteiger partial charge in [-0.15, -0.1) is 0 Å². The summed E-state index contributed by atoms with van der Waals surface area (Å²) >= 11 is 0. The summed E-state index contributed by atoms with van der Waals surface area (Å²) < 4.78 is 12.3. The van der Waals surface area contributed by atoms with Gasteiger partial charge in [0, 0.05) is 0 Å². The van der Waals surface area contributed by atoms with Crippen LogP contribution in [0.2, 0.25) is 0 Å². The Balaban J connectivity index is 2.19. The summed E-state index contributed by atoms with van der Waals surface area (Å²) in [6.45, 7) is 3.87. The second-order valence-corrected chi connectivity index (χ2v) is 2.62. The first-order valence-corrected chi connectivity index (χ1v) is 3.26. The third kappa shape index (κ3) is 1.46. The van der Waals surface area contributed by atoms with Crippen LogP contribution in [0.15, 0.2) is 0 Å². The van der Waals surface area contributed by atoms with E-state index in [1.165, 1.54) is 0 Å². The normalized spacial score (nSPS) is 39.8. The van der Waals surface area contributed by atoms with Crippen molar-refractivity contribution < 1.29 is 4.39 Å². The van der Waals surface area contributed by atoms with Gasteiger partial charge in [0.05, 0.1) is 0 Å². The minimum atomic E-state index is -0.520. The molecule has 1 rings (SSSR count). The maximum Gasteiger partial charge on any atom is 0.100 e. The molecule has 1 aliphatic carbocycles. The van der Waals surface area contributed by atoms with Crippen molar-refractivity contribution in [3.8, 4) is 0 Å². The Morgan fingerprint density at radius 1 is 1.12 bits per heavy atom. The zero-order chi connectivity index (χ0) is 5.98. The monoisotopic (exact) mass is 115 g/mol. The van der Waals surface area contributed by atoms with Gasteiger partial charge >= 0.3 is 0 Å². The molecule has 0 unspecified atom stereocenters. The second kappa shape index (κ2) is 2.47. The molecular weight excluding hydrogens is 103 g/mol. The molecule has 0 atom stereocenters. The fraction of sp³-hybridized carbons (Fsp3) is 0.857. The van der Waals surface area contributed by atoms with E-state index in [-0.39, 0.29) is 0 Å². The molecule has 0 aromatic carbocycles. The van der Waals surface area contributed by atoms with Gasteiger partial charge in [-0.1, -0.05) is 6.92 Å². The van der Waals surface area contributed by atoms with Gasteiger partial charge in [0.2, 0.25) is 0 Å². The molecule has 1 heteroatoms. The molecule has 1 saturated carbocycles. The summed E-state index contributed by atoms with van der Waals surface area (Å²) in [5, 5.41) is 0. The van der Waals surface area contributed by atoms with Gasteiger partial charge in [-0.25, -0.2) is 4.39 Å². The molecule has 0 N–H and O–H groups in total. The van der Waals surface area contributed by atoms with Gasteiger partial charge < -0.3 is 0 Å². The lowest BCUT2D eigenvalue weighted by atomic mass is 9.90. The Kier molecular flexibility index (Phi) is 1.87. The SMILES string of the molecule is [CH2]C1CCC(F)CC1. The van der Waals surface area contributed by atoms with Crippen molar-refractivity contribution >= 4 is 0 Å². The van der Waals surface area contributed by atoms with Gasteiger partial charge in [-0.3, -0.25) is 0 Å². The van der Waals surface area contributed by atoms with E-state index in [4.69, 9.17) is 0 Å². The Morgan fingerprint density at radius 3 is 2.00 bits per heavy atom. The molecule has 0 spiro atoms. The summed E-state index contributed by atoms with van der Waals surface area (Å²) in [7, 11) is 0. The highest BCUT2D eigenvalue weighted by Crippen LogP contribution is 2.24. The molecule has 47 valence electrons. The molecule has 8 heavy (non-hydrogen) atoms. The van der Waals surface area contributed by atoms with Crippen molar-refractivity contribution in [1.82, 2.24) is 0 Å². The van der Waals surface area contributed by atoms with E-state index in [2.05, 4.69) is 6.92 Å². The van der Waals surface area contributed by atoms with Crippen LogP contribution in [0.25, 0.3) is 0 Å². The molecule has 0 amide bonds. The van der Waals surface area contributed by atoms with Crippen LogP contribution < -0.4 is 0 Å². The molecule has 0 saturated heterocycles. The van der Waals surface area contributed by atoms with Crippen LogP contribution in [0, 0.1) is 12.8 Å². The van der Waals surface area contributed by atoms with Crippen LogP contribution in [0.5, 0.6) is 0 Å². The summed E-state index contributed by atoms with van der Waals surface area (Å²) in [5.41, 5.74) is 0. The van der Waals surface area contributed by atoms with Crippen LogP contribution in [0.4, 0.5) is 4.39 Å². The third-order valence-corrected chi connectivity index (χ3v) is 1.78. The molecule has 0 aromatic rings. The summed E-state index contributed by atoms with van der Waals surface area (Å²) in [4.78, 5) is 0. The van der Waals surface area contributed by atoms with Crippen LogP contribution in [0.1, 0.15) is 25.7 Å². The molecule has 1 radical (unpaired) electrons. The van der Waals surface area contributed by atoms with Gasteiger partial charge in [0.15, 0.2) is 0 Å². The Hall–Kier alpha value is -0.0700. The maximum absolute atomic E-state index is 12.3. The molecule has 0 aliphatic heterocycles.